The van der Waals surface area contributed by atoms with Gasteiger partial charge in [0.1, 0.15) is 10.6 Å². The Kier molecular flexibility index (Phi) is 9.40. The molecule has 5 aromatic rings. The number of hydrogen-bond acceptors (Lipinski definition) is 14. The Hall–Kier alpha value is -4.74. The number of azo groups is 2. The van der Waals surface area contributed by atoms with Gasteiger partial charge >= 0.3 is 6.18 Å². The SMILES string of the molecule is Nc1cc2c(O)c(/N=N/c3ccc(/N=N/c4ccc(C(F)(F)F)cc4)c4ccc(S(=O)(=O)O)cc34)c(SOOO)cc2cc1S(=O)(=O)O. The second-order valence-corrected chi connectivity index (χ2v) is 13.2. The van der Waals surface area contributed by atoms with Crippen molar-refractivity contribution in [3.8, 4) is 5.75 Å². The molecule has 0 atom stereocenters. The zero-order valence-corrected chi connectivity index (χ0v) is 25.8. The first kappa shape index (κ1) is 34.6. The molecule has 0 aromatic heterocycles. The molecule has 0 fully saturated rings. The van der Waals surface area contributed by atoms with E-state index in [-0.39, 0.29) is 49.2 Å². The van der Waals surface area contributed by atoms with Gasteiger partial charge < -0.3 is 10.8 Å². The summed E-state index contributed by atoms with van der Waals surface area (Å²) in [6.07, 6.45) is -4.55. The lowest BCUT2D eigenvalue weighted by atomic mass is 10.1. The van der Waals surface area contributed by atoms with Crippen molar-refractivity contribution < 1.29 is 58.8 Å². The van der Waals surface area contributed by atoms with E-state index in [0.29, 0.717) is 12.0 Å². The first-order valence-corrected chi connectivity index (χ1v) is 16.4. The third-order valence-corrected chi connectivity index (χ3v) is 8.96. The van der Waals surface area contributed by atoms with Crippen LogP contribution >= 0.6 is 12.0 Å². The lowest BCUT2D eigenvalue weighted by Gasteiger charge is -2.11. The smallest absolute Gasteiger partial charge is 0.416 e. The van der Waals surface area contributed by atoms with E-state index >= 15 is 0 Å². The van der Waals surface area contributed by atoms with Crippen molar-refractivity contribution in [3.63, 3.8) is 0 Å². The summed E-state index contributed by atoms with van der Waals surface area (Å²) in [5, 5.41) is 39.8. The topological polar surface area (TPSA) is 243 Å². The van der Waals surface area contributed by atoms with E-state index < -0.39 is 53.2 Å². The van der Waals surface area contributed by atoms with Crippen LogP contribution in [0.15, 0.2) is 108 Å². The summed E-state index contributed by atoms with van der Waals surface area (Å²) in [5.74, 6) is -0.612. The normalized spacial score (nSPS) is 13.0. The summed E-state index contributed by atoms with van der Waals surface area (Å²) in [5.41, 5.74) is 4.29. The van der Waals surface area contributed by atoms with E-state index in [2.05, 4.69) is 29.8 Å². The van der Waals surface area contributed by atoms with Crippen LogP contribution in [0.3, 0.4) is 0 Å². The van der Waals surface area contributed by atoms with E-state index in [1.807, 2.05) is 0 Å². The van der Waals surface area contributed by atoms with Crippen molar-refractivity contribution in [2.75, 3.05) is 5.73 Å². The van der Waals surface area contributed by atoms with Crippen LogP contribution in [0.2, 0.25) is 0 Å². The summed E-state index contributed by atoms with van der Waals surface area (Å²) >= 11 is 0.316. The average Bonchev–Trinajstić information content (AvgIpc) is 3.01. The molecule has 21 heteroatoms. The van der Waals surface area contributed by atoms with Gasteiger partial charge in [-0.1, -0.05) is 11.1 Å². The van der Waals surface area contributed by atoms with Gasteiger partial charge in [0.25, 0.3) is 20.2 Å². The molecule has 15 nitrogen and oxygen atoms in total. The third kappa shape index (κ3) is 7.37. The maximum absolute atomic E-state index is 12.9. The van der Waals surface area contributed by atoms with Gasteiger partial charge in [-0.15, -0.1) is 19.7 Å². The molecule has 48 heavy (non-hydrogen) atoms. The molecule has 0 radical (unpaired) electrons. The van der Waals surface area contributed by atoms with Crippen LogP contribution < -0.4 is 5.73 Å². The molecule has 5 rings (SSSR count). The zero-order chi connectivity index (χ0) is 35.0. The molecule has 5 aromatic carbocycles. The molecule has 0 bridgehead atoms. The minimum Gasteiger partial charge on any atom is -0.505 e. The van der Waals surface area contributed by atoms with E-state index in [0.717, 1.165) is 48.5 Å². The number of nitrogens with zero attached hydrogens (tertiary/aromatic N) is 4. The summed E-state index contributed by atoms with van der Waals surface area (Å²) in [6.45, 7) is 0. The molecule has 0 spiro atoms. The van der Waals surface area contributed by atoms with Crippen molar-refractivity contribution in [2.45, 2.75) is 20.9 Å². The first-order valence-electron chi connectivity index (χ1n) is 12.7. The number of rotatable bonds is 9. The number of anilines is 1. The molecule has 0 aliphatic rings. The van der Waals surface area contributed by atoms with Gasteiger partial charge in [0.2, 0.25) is 0 Å². The molecular formula is C27H18F3N5O10S3. The molecule has 0 heterocycles. The van der Waals surface area contributed by atoms with Crippen LogP contribution in [0.1, 0.15) is 5.56 Å². The van der Waals surface area contributed by atoms with Crippen LogP contribution in [0.25, 0.3) is 21.5 Å². The van der Waals surface area contributed by atoms with E-state index in [1.165, 1.54) is 24.3 Å². The van der Waals surface area contributed by atoms with Crippen LogP contribution in [0.5, 0.6) is 5.75 Å². The van der Waals surface area contributed by atoms with Gasteiger partial charge in [0.15, 0.2) is 5.75 Å². The Balaban J connectivity index is 1.64. The summed E-state index contributed by atoms with van der Waals surface area (Å²) in [7, 11) is -9.47. The number of nitrogens with two attached hydrogens (primary N) is 1. The van der Waals surface area contributed by atoms with Crippen molar-refractivity contribution >= 4 is 82.3 Å². The van der Waals surface area contributed by atoms with Crippen LogP contribution in [-0.4, -0.2) is 36.3 Å². The monoisotopic (exact) mass is 725 g/mol. The second-order valence-electron chi connectivity index (χ2n) is 9.61. The fraction of sp³-hybridized carbons (Fsp3) is 0.0370. The lowest BCUT2D eigenvalue weighted by Crippen LogP contribution is -2.03. The van der Waals surface area contributed by atoms with E-state index in [4.69, 9.17) is 11.0 Å². The lowest BCUT2D eigenvalue weighted by molar-refractivity contribution is -0.432. The van der Waals surface area contributed by atoms with Gasteiger partial charge in [-0.25, -0.2) is 5.26 Å². The average molecular weight is 726 g/mol. The number of aromatic hydroxyl groups is 1. The molecule has 250 valence electrons. The Morgan fingerprint density at radius 2 is 1.40 bits per heavy atom. The largest absolute Gasteiger partial charge is 0.505 e. The third-order valence-electron chi connectivity index (χ3n) is 6.58. The van der Waals surface area contributed by atoms with Crippen LogP contribution in [0.4, 0.5) is 41.6 Å². The maximum Gasteiger partial charge on any atom is 0.416 e. The van der Waals surface area contributed by atoms with Gasteiger partial charge in [-0.2, -0.15) is 35.1 Å². The number of hydrogen-bond donors (Lipinski definition) is 5. The summed E-state index contributed by atoms with van der Waals surface area (Å²) in [4.78, 5) is -1.30. The number of phenols is 1. The molecule has 0 unspecified atom stereocenters. The minimum atomic E-state index is -4.76. The standard InChI is InChI=1S/C27H18F3N5O10S3/c28-27(29,30)14-1-3-15(4-2-14)32-33-21-7-8-22(19-11-16(47(38,39)40)5-6-17(19)21)34-35-25-23(46-45-44-37)9-13-10-24(48(41,42)43)20(31)12-18(13)26(25)36/h1-12,36-37H,31H2,(H,38,39,40)(H,41,42,43)/b33-32+,35-34+. The highest BCUT2D eigenvalue weighted by molar-refractivity contribution is 7.94. The number of fused-ring (bicyclic) bond motifs is 2. The highest BCUT2D eigenvalue weighted by Crippen LogP contribution is 2.46. The second kappa shape index (κ2) is 13.0. The number of halogens is 3. The Bertz CT molecular complexity index is 2350. The van der Waals surface area contributed by atoms with Crippen molar-refractivity contribution in [2.24, 2.45) is 20.5 Å². The first-order chi connectivity index (χ1) is 22.5. The minimum absolute atomic E-state index is 0.0309. The fourth-order valence-electron chi connectivity index (χ4n) is 4.39. The van der Waals surface area contributed by atoms with Crippen LogP contribution in [0, 0.1) is 0 Å². The van der Waals surface area contributed by atoms with Crippen LogP contribution in [-0.2, 0) is 35.8 Å². The van der Waals surface area contributed by atoms with Gasteiger partial charge in [0, 0.05) is 16.2 Å². The number of nitrogen functional groups attached to an aromatic ring is 1. The number of alkyl halides is 3. The highest BCUT2D eigenvalue weighted by atomic mass is 32.2. The fourth-order valence-corrected chi connectivity index (χ4v) is 6.02. The maximum atomic E-state index is 12.9. The molecule has 0 aliphatic heterocycles. The number of phenolic OH excluding ortho intramolecular Hbond substituents is 1. The Morgan fingerprint density at radius 3 is 2.00 bits per heavy atom. The van der Waals surface area contributed by atoms with Crippen molar-refractivity contribution in [3.05, 3.63) is 78.4 Å². The summed E-state index contributed by atoms with van der Waals surface area (Å²) < 4.78 is 110. The van der Waals surface area contributed by atoms with Gasteiger partial charge in [-0.05, 0) is 72.1 Å². The molecule has 0 amide bonds. The van der Waals surface area contributed by atoms with E-state index in [9.17, 15) is 44.2 Å². The highest BCUT2D eigenvalue weighted by Gasteiger charge is 2.30. The van der Waals surface area contributed by atoms with Gasteiger partial charge in [-0.3, -0.25) is 9.11 Å². The predicted molar refractivity (Wildman–Crippen MR) is 164 cm³/mol. The van der Waals surface area contributed by atoms with Crippen molar-refractivity contribution in [1.29, 1.82) is 0 Å². The predicted octanol–water partition coefficient (Wildman–Crippen LogP) is 8.05. The zero-order valence-electron chi connectivity index (χ0n) is 23.4. The quantitative estimate of drug-likeness (QED) is 0.0242. The van der Waals surface area contributed by atoms with E-state index in [1.54, 1.807) is 0 Å². The molecule has 0 saturated carbocycles. The molecule has 0 saturated heterocycles. The van der Waals surface area contributed by atoms with Crippen molar-refractivity contribution in [1.82, 2.24) is 0 Å². The number of benzene rings is 5. The molecule has 0 aliphatic carbocycles. The Labute approximate surface area is 271 Å². The van der Waals surface area contributed by atoms with Gasteiger partial charge in [0.05, 0.1) is 50.1 Å². The Morgan fingerprint density at radius 1 is 0.750 bits per heavy atom. The summed E-state index contributed by atoms with van der Waals surface area (Å²) in [6, 6.07) is 13.2. The molecule has 6 N–H and O–H groups in total. The molecular weight excluding hydrogens is 708 g/mol.